The van der Waals surface area contributed by atoms with Gasteiger partial charge < -0.3 is 4.74 Å². The highest BCUT2D eigenvalue weighted by Crippen LogP contribution is 2.31. The van der Waals surface area contributed by atoms with Gasteiger partial charge >= 0.3 is 0 Å². The van der Waals surface area contributed by atoms with Crippen molar-refractivity contribution in [1.82, 2.24) is 4.90 Å². The standard InChI is InChI=1S/C15H23NO/c1-3-15(13-8-5-4-6-9-13)16-11-7-10-14(16)12-17-2/h4-6,8-9,14-15H,3,7,10-12H2,1-2H3/t14-,15?/m0/s1. The fourth-order valence-corrected chi connectivity index (χ4v) is 2.98. The second kappa shape index (κ2) is 6.18. The first-order valence-electron chi connectivity index (χ1n) is 6.66. The highest BCUT2D eigenvalue weighted by molar-refractivity contribution is 5.19. The van der Waals surface area contributed by atoms with E-state index in [-0.39, 0.29) is 0 Å². The lowest BCUT2D eigenvalue weighted by Crippen LogP contribution is -2.36. The van der Waals surface area contributed by atoms with Crippen LogP contribution in [0.15, 0.2) is 30.3 Å². The molecule has 2 atom stereocenters. The first kappa shape index (κ1) is 12.6. The Bertz CT molecular complexity index is 325. The van der Waals surface area contributed by atoms with Gasteiger partial charge in [-0.05, 0) is 31.4 Å². The van der Waals surface area contributed by atoms with Crippen LogP contribution in [-0.2, 0) is 4.74 Å². The SMILES string of the molecule is CCC(c1ccccc1)N1CCC[C@H]1COC. The molecule has 1 aromatic carbocycles. The monoisotopic (exact) mass is 233 g/mol. The molecule has 1 unspecified atom stereocenters. The highest BCUT2D eigenvalue weighted by atomic mass is 16.5. The van der Waals surface area contributed by atoms with E-state index in [1.807, 2.05) is 0 Å². The minimum atomic E-state index is 0.554. The number of hydrogen-bond donors (Lipinski definition) is 0. The second-order valence-corrected chi connectivity index (χ2v) is 4.82. The van der Waals surface area contributed by atoms with Crippen LogP contribution in [0.3, 0.4) is 0 Å². The average Bonchev–Trinajstić information content (AvgIpc) is 2.81. The molecule has 0 aromatic heterocycles. The molecule has 17 heavy (non-hydrogen) atoms. The van der Waals surface area contributed by atoms with Crippen LogP contribution in [-0.4, -0.2) is 31.2 Å². The van der Waals surface area contributed by atoms with Crippen LogP contribution in [0.25, 0.3) is 0 Å². The third-order valence-electron chi connectivity index (χ3n) is 3.75. The van der Waals surface area contributed by atoms with Crippen LogP contribution < -0.4 is 0 Å². The van der Waals surface area contributed by atoms with Crippen molar-refractivity contribution in [3.63, 3.8) is 0 Å². The number of rotatable bonds is 5. The van der Waals surface area contributed by atoms with Crippen molar-refractivity contribution in [3.05, 3.63) is 35.9 Å². The summed E-state index contributed by atoms with van der Waals surface area (Å²) in [6.45, 7) is 4.35. The predicted octanol–water partition coefficient (Wildman–Crippen LogP) is 3.25. The minimum Gasteiger partial charge on any atom is -0.383 e. The molecule has 1 heterocycles. The molecule has 0 N–H and O–H groups in total. The molecule has 1 aliphatic heterocycles. The Hall–Kier alpha value is -0.860. The summed E-state index contributed by atoms with van der Waals surface area (Å²) >= 11 is 0. The smallest absolute Gasteiger partial charge is 0.0618 e. The molecule has 0 amide bonds. The van der Waals surface area contributed by atoms with Gasteiger partial charge in [-0.2, -0.15) is 0 Å². The van der Waals surface area contributed by atoms with Crippen molar-refractivity contribution in [3.8, 4) is 0 Å². The van der Waals surface area contributed by atoms with Gasteiger partial charge in [-0.15, -0.1) is 0 Å². The fourth-order valence-electron chi connectivity index (χ4n) is 2.98. The quantitative estimate of drug-likeness (QED) is 0.774. The summed E-state index contributed by atoms with van der Waals surface area (Å²) in [6, 6.07) is 12.0. The number of benzene rings is 1. The van der Waals surface area contributed by atoms with Crippen molar-refractivity contribution in [2.75, 3.05) is 20.3 Å². The zero-order valence-electron chi connectivity index (χ0n) is 10.9. The minimum absolute atomic E-state index is 0.554. The summed E-state index contributed by atoms with van der Waals surface area (Å²) < 4.78 is 5.34. The van der Waals surface area contributed by atoms with Crippen molar-refractivity contribution in [2.45, 2.75) is 38.3 Å². The summed E-state index contributed by atoms with van der Waals surface area (Å²) in [7, 11) is 1.81. The Morgan fingerprint density at radius 1 is 1.35 bits per heavy atom. The highest BCUT2D eigenvalue weighted by Gasteiger charge is 2.30. The number of likely N-dealkylation sites (tertiary alicyclic amines) is 1. The number of methoxy groups -OCH3 is 1. The Morgan fingerprint density at radius 3 is 2.76 bits per heavy atom. The van der Waals surface area contributed by atoms with Gasteiger partial charge in [0.05, 0.1) is 6.61 Å². The van der Waals surface area contributed by atoms with Gasteiger partial charge in [-0.3, -0.25) is 4.90 Å². The molecule has 0 radical (unpaired) electrons. The van der Waals surface area contributed by atoms with E-state index in [0.717, 1.165) is 6.61 Å². The van der Waals surface area contributed by atoms with Crippen molar-refractivity contribution in [2.24, 2.45) is 0 Å². The molecular formula is C15H23NO. The second-order valence-electron chi connectivity index (χ2n) is 4.82. The summed E-state index contributed by atoms with van der Waals surface area (Å²) in [5.41, 5.74) is 1.44. The van der Waals surface area contributed by atoms with Crippen molar-refractivity contribution < 1.29 is 4.74 Å². The van der Waals surface area contributed by atoms with Crippen LogP contribution in [0, 0.1) is 0 Å². The Morgan fingerprint density at radius 2 is 2.12 bits per heavy atom. The first-order valence-corrected chi connectivity index (χ1v) is 6.66. The van der Waals surface area contributed by atoms with E-state index in [0.29, 0.717) is 12.1 Å². The lowest BCUT2D eigenvalue weighted by Gasteiger charge is -2.32. The Kier molecular flexibility index (Phi) is 4.57. The fraction of sp³-hybridized carbons (Fsp3) is 0.600. The molecule has 94 valence electrons. The van der Waals surface area contributed by atoms with Crippen molar-refractivity contribution >= 4 is 0 Å². The maximum atomic E-state index is 5.34. The van der Waals surface area contributed by atoms with Gasteiger partial charge in [0.25, 0.3) is 0 Å². The van der Waals surface area contributed by atoms with Gasteiger partial charge in [0.15, 0.2) is 0 Å². The third-order valence-corrected chi connectivity index (χ3v) is 3.75. The van der Waals surface area contributed by atoms with E-state index in [1.165, 1.54) is 31.4 Å². The van der Waals surface area contributed by atoms with Crippen LogP contribution in [0.4, 0.5) is 0 Å². The summed E-state index contributed by atoms with van der Waals surface area (Å²) in [5.74, 6) is 0. The van der Waals surface area contributed by atoms with Gasteiger partial charge in [-0.1, -0.05) is 37.3 Å². The van der Waals surface area contributed by atoms with Crippen LogP contribution in [0.2, 0.25) is 0 Å². The van der Waals surface area contributed by atoms with E-state index < -0.39 is 0 Å². The van der Waals surface area contributed by atoms with Crippen LogP contribution >= 0.6 is 0 Å². The molecule has 1 aliphatic rings. The maximum Gasteiger partial charge on any atom is 0.0618 e. The predicted molar refractivity (Wildman–Crippen MR) is 71.1 cm³/mol. The Labute approximate surface area is 105 Å². The van der Waals surface area contributed by atoms with Crippen molar-refractivity contribution in [1.29, 1.82) is 0 Å². The normalized spacial score (nSPS) is 22.8. The largest absolute Gasteiger partial charge is 0.383 e. The topological polar surface area (TPSA) is 12.5 Å². The summed E-state index contributed by atoms with van der Waals surface area (Å²) in [6.07, 6.45) is 3.75. The maximum absolute atomic E-state index is 5.34. The molecule has 0 bridgehead atoms. The Balaban J connectivity index is 2.12. The molecule has 0 aliphatic carbocycles. The molecular weight excluding hydrogens is 210 g/mol. The number of hydrogen-bond acceptors (Lipinski definition) is 2. The number of nitrogens with zero attached hydrogens (tertiary/aromatic N) is 1. The zero-order chi connectivity index (χ0) is 12.1. The van der Waals surface area contributed by atoms with E-state index in [4.69, 9.17) is 4.74 Å². The van der Waals surface area contributed by atoms with E-state index in [1.54, 1.807) is 7.11 Å². The van der Waals surface area contributed by atoms with E-state index in [9.17, 15) is 0 Å². The lowest BCUT2D eigenvalue weighted by atomic mass is 10.0. The first-order chi connectivity index (χ1) is 8.36. The molecule has 1 saturated heterocycles. The number of ether oxygens (including phenoxy) is 1. The molecule has 0 saturated carbocycles. The molecule has 1 aromatic rings. The van der Waals surface area contributed by atoms with Gasteiger partial charge in [0.1, 0.15) is 0 Å². The lowest BCUT2D eigenvalue weighted by molar-refractivity contribution is 0.0870. The van der Waals surface area contributed by atoms with E-state index >= 15 is 0 Å². The van der Waals surface area contributed by atoms with Crippen LogP contribution in [0.5, 0.6) is 0 Å². The average molecular weight is 233 g/mol. The van der Waals surface area contributed by atoms with E-state index in [2.05, 4.69) is 42.2 Å². The third kappa shape index (κ3) is 2.88. The molecule has 2 nitrogen and oxygen atoms in total. The molecule has 0 spiro atoms. The van der Waals surface area contributed by atoms with Gasteiger partial charge in [0.2, 0.25) is 0 Å². The molecule has 1 fully saturated rings. The molecule has 2 heteroatoms. The van der Waals surface area contributed by atoms with Gasteiger partial charge in [0, 0.05) is 19.2 Å². The summed E-state index contributed by atoms with van der Waals surface area (Å²) in [5, 5.41) is 0. The molecule has 2 rings (SSSR count). The van der Waals surface area contributed by atoms with Gasteiger partial charge in [-0.25, -0.2) is 0 Å². The zero-order valence-corrected chi connectivity index (χ0v) is 10.9. The summed E-state index contributed by atoms with van der Waals surface area (Å²) in [4.78, 5) is 2.62. The van der Waals surface area contributed by atoms with Crippen LogP contribution in [0.1, 0.15) is 37.8 Å².